The van der Waals surface area contributed by atoms with Crippen LogP contribution in [0.25, 0.3) is 10.9 Å². The normalized spacial score (nSPS) is 10.7. The van der Waals surface area contributed by atoms with Crippen molar-refractivity contribution in [2.45, 2.75) is 6.54 Å². The molecule has 0 aliphatic carbocycles. The molecule has 0 saturated heterocycles. The van der Waals surface area contributed by atoms with Crippen LogP contribution < -0.4 is 11.3 Å². The molecule has 0 saturated carbocycles. The molecule has 0 aliphatic rings. The Kier molecular flexibility index (Phi) is 2.76. The zero-order chi connectivity index (χ0) is 13.2. The van der Waals surface area contributed by atoms with E-state index in [-0.39, 0.29) is 11.2 Å². The topological polar surface area (TPSA) is 60.9 Å². The molecule has 4 nitrogen and oxygen atoms in total. The summed E-state index contributed by atoms with van der Waals surface area (Å²) in [7, 11) is 0. The van der Waals surface area contributed by atoms with Crippen LogP contribution in [-0.4, -0.2) is 9.55 Å². The van der Waals surface area contributed by atoms with Crippen molar-refractivity contribution in [2.24, 2.45) is 0 Å². The summed E-state index contributed by atoms with van der Waals surface area (Å²) in [4.78, 5) is 16.4. The van der Waals surface area contributed by atoms with Crippen LogP contribution >= 0.6 is 0 Å². The fourth-order valence-corrected chi connectivity index (χ4v) is 2.05. The lowest BCUT2D eigenvalue weighted by molar-refractivity contribution is 0.745. The molecule has 2 aromatic heterocycles. The summed E-state index contributed by atoms with van der Waals surface area (Å²) >= 11 is 0. The third-order valence-electron chi connectivity index (χ3n) is 3.04. The molecule has 3 rings (SSSR count). The van der Waals surface area contributed by atoms with Crippen LogP contribution in [0.5, 0.6) is 0 Å². The van der Waals surface area contributed by atoms with Crippen molar-refractivity contribution in [1.29, 1.82) is 0 Å². The number of nitrogens with zero attached hydrogens (tertiary/aromatic N) is 2. The Labute approximate surface area is 110 Å². The number of para-hydroxylation sites is 1. The maximum Gasteiger partial charge on any atom is 0.274 e. The molecule has 1 aromatic carbocycles. The van der Waals surface area contributed by atoms with Crippen molar-refractivity contribution in [2.75, 3.05) is 5.73 Å². The average Bonchev–Trinajstić information content (AvgIpc) is 2.44. The highest BCUT2D eigenvalue weighted by molar-refractivity contribution is 5.78. The minimum absolute atomic E-state index is 0.183. The number of anilines is 1. The minimum atomic E-state index is -0.183. The SMILES string of the molecule is Nc1cccn(Cc2ccc3ccccc3n2)c1=O. The maximum atomic E-state index is 11.8. The Morgan fingerprint density at radius 1 is 1.05 bits per heavy atom. The van der Waals surface area contributed by atoms with Gasteiger partial charge < -0.3 is 10.3 Å². The van der Waals surface area contributed by atoms with Gasteiger partial charge in [-0.25, -0.2) is 0 Å². The zero-order valence-corrected chi connectivity index (χ0v) is 10.3. The first-order valence-corrected chi connectivity index (χ1v) is 6.03. The van der Waals surface area contributed by atoms with Gasteiger partial charge >= 0.3 is 0 Å². The van der Waals surface area contributed by atoms with E-state index in [0.29, 0.717) is 6.54 Å². The Morgan fingerprint density at radius 2 is 1.89 bits per heavy atom. The van der Waals surface area contributed by atoms with Gasteiger partial charge in [-0.05, 0) is 24.3 Å². The highest BCUT2D eigenvalue weighted by atomic mass is 16.1. The largest absolute Gasteiger partial charge is 0.394 e. The van der Waals surface area contributed by atoms with Crippen molar-refractivity contribution in [3.63, 3.8) is 0 Å². The number of aromatic nitrogens is 2. The van der Waals surface area contributed by atoms with Crippen LogP contribution in [-0.2, 0) is 6.54 Å². The first-order chi connectivity index (χ1) is 9.24. The van der Waals surface area contributed by atoms with E-state index in [9.17, 15) is 4.79 Å². The van der Waals surface area contributed by atoms with Crippen molar-refractivity contribution in [3.05, 3.63) is 70.8 Å². The summed E-state index contributed by atoms with van der Waals surface area (Å²) in [6.07, 6.45) is 1.72. The fourth-order valence-electron chi connectivity index (χ4n) is 2.05. The quantitative estimate of drug-likeness (QED) is 0.758. The van der Waals surface area contributed by atoms with Gasteiger partial charge in [0.1, 0.15) is 0 Å². The number of hydrogen-bond acceptors (Lipinski definition) is 3. The predicted molar refractivity (Wildman–Crippen MR) is 76.0 cm³/mol. The third-order valence-corrected chi connectivity index (χ3v) is 3.04. The highest BCUT2D eigenvalue weighted by Crippen LogP contribution is 2.12. The Morgan fingerprint density at radius 3 is 2.79 bits per heavy atom. The molecule has 0 aliphatic heterocycles. The van der Waals surface area contributed by atoms with Crippen LogP contribution in [0, 0.1) is 0 Å². The van der Waals surface area contributed by atoms with Gasteiger partial charge in [0.2, 0.25) is 0 Å². The van der Waals surface area contributed by atoms with Crippen LogP contribution in [0.2, 0.25) is 0 Å². The van der Waals surface area contributed by atoms with Gasteiger partial charge in [-0.2, -0.15) is 0 Å². The lowest BCUT2D eigenvalue weighted by Gasteiger charge is -2.06. The molecule has 4 heteroatoms. The highest BCUT2D eigenvalue weighted by Gasteiger charge is 2.02. The number of nitrogen functional groups attached to an aromatic ring is 1. The average molecular weight is 251 g/mol. The molecule has 0 unspecified atom stereocenters. The van der Waals surface area contributed by atoms with E-state index in [4.69, 9.17) is 5.73 Å². The summed E-state index contributed by atoms with van der Waals surface area (Å²) in [5.41, 5.74) is 7.45. The number of benzene rings is 1. The summed E-state index contributed by atoms with van der Waals surface area (Å²) in [6, 6.07) is 15.2. The zero-order valence-electron chi connectivity index (χ0n) is 10.3. The molecule has 2 heterocycles. The standard InChI is InChI=1S/C15H13N3O/c16-13-5-3-9-18(15(13)19)10-12-8-7-11-4-1-2-6-14(11)17-12/h1-9H,10,16H2. The molecule has 3 aromatic rings. The first kappa shape index (κ1) is 11.5. The second-order valence-corrected chi connectivity index (χ2v) is 4.39. The summed E-state index contributed by atoms with van der Waals surface area (Å²) in [5, 5.41) is 1.09. The van der Waals surface area contributed by atoms with Crippen molar-refractivity contribution < 1.29 is 0 Å². The Balaban J connectivity index is 2.01. The van der Waals surface area contributed by atoms with Crippen LogP contribution in [0.3, 0.4) is 0 Å². The van der Waals surface area contributed by atoms with E-state index < -0.39 is 0 Å². The van der Waals surface area contributed by atoms with E-state index in [1.807, 2.05) is 36.4 Å². The van der Waals surface area contributed by atoms with E-state index in [2.05, 4.69) is 4.98 Å². The Bertz CT molecular complexity index is 792. The van der Waals surface area contributed by atoms with Gasteiger partial charge in [-0.15, -0.1) is 0 Å². The van der Waals surface area contributed by atoms with E-state index in [1.165, 1.54) is 0 Å². The van der Waals surface area contributed by atoms with Crippen LogP contribution in [0.15, 0.2) is 59.5 Å². The monoisotopic (exact) mass is 251 g/mol. The molecular weight excluding hydrogens is 238 g/mol. The molecule has 0 atom stereocenters. The minimum Gasteiger partial charge on any atom is -0.394 e. The molecule has 94 valence electrons. The second kappa shape index (κ2) is 4.57. The summed E-state index contributed by atoms with van der Waals surface area (Å²) in [5.74, 6) is 0. The molecule has 0 spiro atoms. The number of nitrogens with two attached hydrogens (primary N) is 1. The fraction of sp³-hybridized carbons (Fsp3) is 0.0667. The van der Waals surface area contributed by atoms with Crippen molar-refractivity contribution >= 4 is 16.6 Å². The summed E-state index contributed by atoms with van der Waals surface area (Å²) < 4.78 is 1.56. The molecule has 0 bridgehead atoms. The lowest BCUT2D eigenvalue weighted by Crippen LogP contribution is -2.22. The second-order valence-electron chi connectivity index (χ2n) is 4.39. The predicted octanol–water partition coefficient (Wildman–Crippen LogP) is 2.03. The molecule has 19 heavy (non-hydrogen) atoms. The summed E-state index contributed by atoms with van der Waals surface area (Å²) in [6.45, 7) is 0.425. The first-order valence-electron chi connectivity index (χ1n) is 6.03. The third kappa shape index (κ3) is 2.20. The molecule has 2 N–H and O–H groups in total. The van der Waals surface area contributed by atoms with Gasteiger partial charge in [-0.3, -0.25) is 9.78 Å². The molecular formula is C15H13N3O. The Hall–Kier alpha value is -2.62. The lowest BCUT2D eigenvalue weighted by atomic mass is 10.2. The van der Waals surface area contributed by atoms with Crippen molar-refractivity contribution in [1.82, 2.24) is 9.55 Å². The van der Waals surface area contributed by atoms with Crippen LogP contribution in [0.4, 0.5) is 5.69 Å². The smallest absolute Gasteiger partial charge is 0.274 e. The van der Waals surface area contributed by atoms with E-state index in [0.717, 1.165) is 16.6 Å². The van der Waals surface area contributed by atoms with E-state index >= 15 is 0 Å². The van der Waals surface area contributed by atoms with Gasteiger partial charge in [0.05, 0.1) is 23.4 Å². The van der Waals surface area contributed by atoms with Crippen molar-refractivity contribution in [3.8, 4) is 0 Å². The number of rotatable bonds is 2. The van der Waals surface area contributed by atoms with E-state index in [1.54, 1.807) is 22.9 Å². The number of fused-ring (bicyclic) bond motifs is 1. The molecule has 0 amide bonds. The molecule has 0 radical (unpaired) electrons. The van der Waals surface area contributed by atoms with Gasteiger partial charge in [0.15, 0.2) is 0 Å². The molecule has 0 fully saturated rings. The van der Waals surface area contributed by atoms with Gasteiger partial charge in [-0.1, -0.05) is 24.3 Å². The van der Waals surface area contributed by atoms with Crippen LogP contribution in [0.1, 0.15) is 5.69 Å². The number of pyridine rings is 2. The number of hydrogen-bond donors (Lipinski definition) is 1. The maximum absolute atomic E-state index is 11.8. The van der Waals surface area contributed by atoms with Gasteiger partial charge in [0.25, 0.3) is 5.56 Å². The van der Waals surface area contributed by atoms with Gasteiger partial charge in [0, 0.05) is 11.6 Å².